The molecule has 0 aromatic heterocycles. The average Bonchev–Trinajstić information content (AvgIpc) is 2.27. The van der Waals surface area contributed by atoms with Gasteiger partial charge >= 0.3 is 0 Å². The lowest BCUT2D eigenvalue weighted by atomic mass is 9.78. The van der Waals surface area contributed by atoms with Gasteiger partial charge in [0, 0.05) is 13.1 Å². The van der Waals surface area contributed by atoms with E-state index in [1.807, 2.05) is 0 Å². The molecule has 0 aromatic rings. The van der Waals surface area contributed by atoms with Gasteiger partial charge in [-0.25, -0.2) is 12.7 Å². The van der Waals surface area contributed by atoms with E-state index < -0.39 is 10.0 Å². The Morgan fingerprint density at radius 1 is 1.37 bits per heavy atom. The second kappa shape index (κ2) is 7.04. The minimum absolute atomic E-state index is 0.285. The summed E-state index contributed by atoms with van der Waals surface area (Å²) in [6, 6.07) is 0. The summed E-state index contributed by atoms with van der Waals surface area (Å²) in [7, 11) is -3.01. The zero-order valence-electron chi connectivity index (χ0n) is 12.9. The zero-order valence-corrected chi connectivity index (χ0v) is 13.7. The maximum atomic E-state index is 11.6. The number of hydrogen-bond donors (Lipinski definition) is 1. The van der Waals surface area contributed by atoms with Crippen LogP contribution in [0.3, 0.4) is 0 Å². The molecule has 1 N–H and O–H groups in total. The van der Waals surface area contributed by atoms with E-state index in [2.05, 4.69) is 26.1 Å². The second-order valence-corrected chi connectivity index (χ2v) is 8.58. The van der Waals surface area contributed by atoms with Crippen molar-refractivity contribution >= 4 is 10.0 Å². The third-order valence-electron chi connectivity index (χ3n) is 4.02. The highest BCUT2D eigenvalue weighted by molar-refractivity contribution is 7.88. The summed E-state index contributed by atoms with van der Waals surface area (Å²) in [4.78, 5) is 0. The van der Waals surface area contributed by atoms with Crippen LogP contribution in [0.25, 0.3) is 0 Å². The van der Waals surface area contributed by atoms with Crippen LogP contribution in [-0.2, 0) is 10.0 Å². The number of rotatable bonds is 7. The van der Waals surface area contributed by atoms with Gasteiger partial charge in [-0.05, 0) is 50.1 Å². The quantitative estimate of drug-likeness (QED) is 0.730. The number of nitrogens with one attached hydrogen (secondary N) is 1. The first-order valence-corrected chi connectivity index (χ1v) is 9.25. The molecule has 1 saturated heterocycles. The predicted octanol–water partition coefficient (Wildman–Crippen LogP) is 2.07. The molecule has 114 valence electrons. The molecular weight excluding hydrogens is 260 g/mol. The lowest BCUT2D eigenvalue weighted by Crippen LogP contribution is -2.40. The summed E-state index contributed by atoms with van der Waals surface area (Å²) >= 11 is 0. The summed E-state index contributed by atoms with van der Waals surface area (Å²) < 4.78 is 24.9. The van der Waals surface area contributed by atoms with Crippen LogP contribution < -0.4 is 5.32 Å². The van der Waals surface area contributed by atoms with Crippen LogP contribution in [0.2, 0.25) is 0 Å². The van der Waals surface area contributed by atoms with Crippen LogP contribution >= 0.6 is 0 Å². The summed E-state index contributed by atoms with van der Waals surface area (Å²) in [6.45, 7) is 10.2. The smallest absolute Gasteiger partial charge is 0.211 e. The lowest BCUT2D eigenvalue weighted by molar-refractivity contribution is 0.181. The summed E-state index contributed by atoms with van der Waals surface area (Å²) in [6.07, 6.45) is 5.75. The molecule has 1 heterocycles. The highest BCUT2D eigenvalue weighted by Crippen LogP contribution is 2.33. The maximum absolute atomic E-state index is 11.6. The van der Waals surface area contributed by atoms with Crippen molar-refractivity contribution in [2.75, 3.05) is 32.4 Å². The van der Waals surface area contributed by atoms with Crippen LogP contribution in [-0.4, -0.2) is 45.2 Å². The number of hydrogen-bond acceptors (Lipinski definition) is 3. The molecule has 0 amide bonds. The van der Waals surface area contributed by atoms with Crippen molar-refractivity contribution < 1.29 is 8.42 Å². The Bertz CT molecular complexity index is 366. The van der Waals surface area contributed by atoms with Gasteiger partial charge in [-0.2, -0.15) is 0 Å². The fourth-order valence-corrected chi connectivity index (χ4v) is 3.92. The van der Waals surface area contributed by atoms with Crippen molar-refractivity contribution in [3.8, 4) is 0 Å². The van der Waals surface area contributed by atoms with Gasteiger partial charge < -0.3 is 5.32 Å². The third-order valence-corrected chi connectivity index (χ3v) is 5.29. The van der Waals surface area contributed by atoms with Crippen molar-refractivity contribution in [2.45, 2.75) is 46.5 Å². The van der Waals surface area contributed by atoms with E-state index in [4.69, 9.17) is 0 Å². The average molecular weight is 290 g/mol. The molecule has 0 bridgehead atoms. The normalized spacial score (nSPS) is 22.6. The lowest BCUT2D eigenvalue weighted by Gasteiger charge is -2.36. The molecule has 1 aliphatic heterocycles. The van der Waals surface area contributed by atoms with Gasteiger partial charge in [0.2, 0.25) is 10.0 Å². The van der Waals surface area contributed by atoms with Crippen molar-refractivity contribution in [1.29, 1.82) is 0 Å². The zero-order chi connectivity index (χ0) is 14.5. The Hall–Kier alpha value is -0.130. The fourth-order valence-electron chi connectivity index (χ4n) is 2.98. The van der Waals surface area contributed by atoms with Gasteiger partial charge in [-0.1, -0.05) is 20.8 Å². The topological polar surface area (TPSA) is 49.4 Å². The molecular formula is C14H30N2O2S. The molecule has 0 aliphatic carbocycles. The molecule has 1 rings (SSSR count). The van der Waals surface area contributed by atoms with Gasteiger partial charge in [0.1, 0.15) is 0 Å². The van der Waals surface area contributed by atoms with E-state index in [0.717, 1.165) is 38.8 Å². The molecule has 0 spiro atoms. The Balaban J connectivity index is 2.47. The molecule has 1 unspecified atom stereocenters. The maximum Gasteiger partial charge on any atom is 0.211 e. The molecule has 0 radical (unpaired) electrons. The predicted molar refractivity (Wildman–Crippen MR) is 80.7 cm³/mol. The summed E-state index contributed by atoms with van der Waals surface area (Å²) in [5.41, 5.74) is 0.285. The van der Waals surface area contributed by atoms with Crippen LogP contribution in [0.1, 0.15) is 46.5 Å². The van der Waals surface area contributed by atoms with Gasteiger partial charge in [0.05, 0.1) is 6.26 Å². The van der Waals surface area contributed by atoms with Gasteiger partial charge in [0.15, 0.2) is 0 Å². The third kappa shape index (κ3) is 6.23. The molecule has 1 aliphatic rings. The first-order chi connectivity index (χ1) is 8.74. The van der Waals surface area contributed by atoms with Crippen molar-refractivity contribution in [3.63, 3.8) is 0 Å². The van der Waals surface area contributed by atoms with Gasteiger partial charge in [-0.15, -0.1) is 0 Å². The van der Waals surface area contributed by atoms with Gasteiger partial charge in [-0.3, -0.25) is 0 Å². The van der Waals surface area contributed by atoms with Crippen LogP contribution in [0.15, 0.2) is 0 Å². The van der Waals surface area contributed by atoms with Crippen LogP contribution in [0.4, 0.5) is 0 Å². The van der Waals surface area contributed by atoms with Crippen molar-refractivity contribution in [3.05, 3.63) is 0 Å². The number of piperidine rings is 1. The Kier molecular flexibility index (Phi) is 6.27. The standard InChI is InChI=1S/C14H30N2O2S/c1-5-15-9-8-14(2,3)11-13-7-6-10-16(12-13)19(4,17)18/h13,15H,5-12H2,1-4H3. The largest absolute Gasteiger partial charge is 0.317 e. The Morgan fingerprint density at radius 2 is 2.05 bits per heavy atom. The Labute approximate surface area is 119 Å². The minimum atomic E-state index is -3.01. The Morgan fingerprint density at radius 3 is 2.63 bits per heavy atom. The van der Waals surface area contributed by atoms with Crippen molar-refractivity contribution in [1.82, 2.24) is 9.62 Å². The number of sulfonamides is 1. The van der Waals surface area contributed by atoms with Crippen molar-refractivity contribution in [2.24, 2.45) is 11.3 Å². The highest BCUT2D eigenvalue weighted by atomic mass is 32.2. The molecule has 1 fully saturated rings. The van der Waals surface area contributed by atoms with Gasteiger partial charge in [0.25, 0.3) is 0 Å². The first-order valence-electron chi connectivity index (χ1n) is 7.40. The molecule has 5 heteroatoms. The number of nitrogens with zero attached hydrogens (tertiary/aromatic N) is 1. The SMILES string of the molecule is CCNCCC(C)(C)CC1CCCN(S(C)(=O)=O)C1. The van der Waals surface area contributed by atoms with E-state index in [9.17, 15) is 8.42 Å². The monoisotopic (exact) mass is 290 g/mol. The molecule has 0 saturated carbocycles. The molecule has 4 nitrogen and oxygen atoms in total. The minimum Gasteiger partial charge on any atom is -0.317 e. The van der Waals surface area contributed by atoms with E-state index in [1.54, 1.807) is 4.31 Å². The summed E-state index contributed by atoms with van der Waals surface area (Å²) in [5, 5.41) is 3.37. The highest BCUT2D eigenvalue weighted by Gasteiger charge is 2.30. The molecule has 19 heavy (non-hydrogen) atoms. The van der Waals surface area contributed by atoms with Crippen LogP contribution in [0.5, 0.6) is 0 Å². The van der Waals surface area contributed by atoms with E-state index >= 15 is 0 Å². The van der Waals surface area contributed by atoms with E-state index in [-0.39, 0.29) is 5.41 Å². The molecule has 1 atom stereocenters. The van der Waals surface area contributed by atoms with E-state index in [0.29, 0.717) is 19.0 Å². The first kappa shape index (κ1) is 16.9. The fraction of sp³-hybridized carbons (Fsp3) is 1.00. The van der Waals surface area contributed by atoms with Crippen LogP contribution in [0, 0.1) is 11.3 Å². The second-order valence-electron chi connectivity index (χ2n) is 6.60. The summed E-state index contributed by atoms with van der Waals surface area (Å²) in [5.74, 6) is 0.514. The molecule has 0 aromatic carbocycles. The van der Waals surface area contributed by atoms with E-state index in [1.165, 1.54) is 6.26 Å².